The molecule has 11 nitrogen and oxygen atoms in total. The normalized spacial score (nSPS) is 10.0. The number of nitrogens with one attached hydrogen (secondary N) is 2. The van der Waals surface area contributed by atoms with Crippen molar-refractivity contribution >= 4 is 11.8 Å². The Morgan fingerprint density at radius 2 is 1.57 bits per heavy atom. The lowest BCUT2D eigenvalue weighted by molar-refractivity contribution is -0.122. The van der Waals surface area contributed by atoms with E-state index in [4.69, 9.17) is 14.7 Å². The molecular weight excluding hydrogens is 474 g/mol. The zero-order valence-corrected chi connectivity index (χ0v) is 20.0. The van der Waals surface area contributed by atoms with Gasteiger partial charge in [0, 0.05) is 42.1 Å². The predicted octanol–water partition coefficient (Wildman–Crippen LogP) is 1.28. The SMILES string of the molecule is N#CC#Cc1ccc(C(=O)NCCOCCOCCC(=O)NCc2ccc(-c3nncnn3)cc2)cc1. The first-order valence-electron chi connectivity index (χ1n) is 11.5. The topological polar surface area (TPSA) is 152 Å². The first-order valence-corrected chi connectivity index (χ1v) is 11.5. The Kier molecular flexibility index (Phi) is 11.1. The van der Waals surface area contributed by atoms with Gasteiger partial charge in [-0.1, -0.05) is 30.2 Å². The van der Waals surface area contributed by atoms with Gasteiger partial charge in [-0.15, -0.1) is 20.4 Å². The fourth-order valence-electron chi connectivity index (χ4n) is 3.01. The van der Waals surface area contributed by atoms with Crippen molar-refractivity contribution in [2.75, 3.05) is 33.0 Å². The standard InChI is InChI=1S/C26H25N7O4/c27-12-1-2-20-3-9-23(10-4-20)26(35)28-13-15-37-17-16-36-14-11-24(34)29-18-21-5-7-22(8-6-21)25-32-30-19-31-33-25/h3-10,19H,11,13-18H2,(H,28,35)(H,29,34). The number of nitrogens with zero attached hydrogens (tertiary/aromatic N) is 5. The van der Waals surface area contributed by atoms with E-state index in [-0.39, 0.29) is 24.8 Å². The van der Waals surface area contributed by atoms with Crippen LogP contribution in [0.3, 0.4) is 0 Å². The Hall–Kier alpha value is -4.71. The van der Waals surface area contributed by atoms with Crippen LogP contribution in [0.25, 0.3) is 11.4 Å². The molecule has 3 rings (SSSR count). The summed E-state index contributed by atoms with van der Waals surface area (Å²) in [7, 11) is 0. The van der Waals surface area contributed by atoms with Crippen molar-refractivity contribution in [1.29, 1.82) is 5.26 Å². The minimum Gasteiger partial charge on any atom is -0.379 e. The van der Waals surface area contributed by atoms with E-state index in [9.17, 15) is 9.59 Å². The van der Waals surface area contributed by atoms with Gasteiger partial charge in [0.25, 0.3) is 5.91 Å². The van der Waals surface area contributed by atoms with Gasteiger partial charge in [0.05, 0.1) is 26.4 Å². The number of rotatable bonds is 13. The summed E-state index contributed by atoms with van der Waals surface area (Å²) in [6, 6.07) is 15.9. The van der Waals surface area contributed by atoms with Crippen LogP contribution in [0.5, 0.6) is 0 Å². The molecule has 2 amide bonds. The average molecular weight is 500 g/mol. The van der Waals surface area contributed by atoms with Crippen LogP contribution in [0.1, 0.15) is 27.9 Å². The third-order valence-corrected chi connectivity index (χ3v) is 4.90. The molecule has 37 heavy (non-hydrogen) atoms. The second-order valence-corrected chi connectivity index (χ2v) is 7.51. The van der Waals surface area contributed by atoms with Crippen molar-refractivity contribution in [3.63, 3.8) is 0 Å². The summed E-state index contributed by atoms with van der Waals surface area (Å²) in [5.74, 6) is 5.07. The molecule has 0 bridgehead atoms. The van der Waals surface area contributed by atoms with Crippen LogP contribution in [0, 0.1) is 23.2 Å². The first kappa shape index (κ1) is 26.9. The predicted molar refractivity (Wildman–Crippen MR) is 132 cm³/mol. The highest BCUT2D eigenvalue weighted by atomic mass is 16.5. The molecule has 0 unspecified atom stereocenters. The maximum Gasteiger partial charge on any atom is 0.251 e. The summed E-state index contributed by atoms with van der Waals surface area (Å²) < 4.78 is 10.9. The number of carbonyl (C=O) groups excluding carboxylic acids is 2. The van der Waals surface area contributed by atoms with Gasteiger partial charge in [0.1, 0.15) is 0 Å². The third kappa shape index (κ3) is 9.82. The van der Waals surface area contributed by atoms with E-state index < -0.39 is 0 Å². The zero-order valence-electron chi connectivity index (χ0n) is 20.0. The molecule has 1 heterocycles. The molecule has 0 aliphatic rings. The maximum atomic E-state index is 12.1. The molecular formula is C26H25N7O4. The number of amides is 2. The van der Waals surface area contributed by atoms with Crippen LogP contribution in [0.4, 0.5) is 0 Å². The van der Waals surface area contributed by atoms with E-state index in [1.54, 1.807) is 30.3 Å². The summed E-state index contributed by atoms with van der Waals surface area (Å²) in [5.41, 5.74) is 2.90. The van der Waals surface area contributed by atoms with E-state index in [2.05, 4.69) is 42.9 Å². The highest BCUT2D eigenvalue weighted by molar-refractivity contribution is 5.94. The first-order chi connectivity index (χ1) is 18.2. The Morgan fingerprint density at radius 1 is 0.865 bits per heavy atom. The maximum absolute atomic E-state index is 12.1. The molecule has 3 aromatic rings. The number of ether oxygens (including phenoxy) is 2. The monoisotopic (exact) mass is 499 g/mol. The van der Waals surface area contributed by atoms with Crippen LogP contribution >= 0.6 is 0 Å². The number of carbonyl (C=O) groups is 2. The minimum absolute atomic E-state index is 0.113. The molecule has 0 saturated carbocycles. The van der Waals surface area contributed by atoms with Gasteiger partial charge in [0.15, 0.2) is 12.4 Å². The molecule has 11 heteroatoms. The summed E-state index contributed by atoms with van der Waals surface area (Å²) in [6.07, 6.45) is 1.51. The van der Waals surface area contributed by atoms with Gasteiger partial charge in [0.2, 0.25) is 11.7 Å². The molecule has 0 fully saturated rings. The van der Waals surface area contributed by atoms with Gasteiger partial charge in [-0.3, -0.25) is 9.59 Å². The second-order valence-electron chi connectivity index (χ2n) is 7.51. The second kappa shape index (κ2) is 15.3. The lowest BCUT2D eigenvalue weighted by Crippen LogP contribution is -2.27. The molecule has 0 radical (unpaired) electrons. The van der Waals surface area contributed by atoms with Crippen LogP contribution < -0.4 is 10.6 Å². The van der Waals surface area contributed by atoms with Crippen molar-refractivity contribution in [3.05, 3.63) is 71.5 Å². The average Bonchev–Trinajstić information content (AvgIpc) is 2.95. The van der Waals surface area contributed by atoms with Crippen molar-refractivity contribution in [3.8, 4) is 29.3 Å². The Bertz CT molecular complexity index is 1250. The summed E-state index contributed by atoms with van der Waals surface area (Å²) in [4.78, 5) is 24.1. The molecule has 0 atom stereocenters. The van der Waals surface area contributed by atoms with Gasteiger partial charge in [-0.05, 0) is 29.8 Å². The van der Waals surface area contributed by atoms with Gasteiger partial charge in [-0.25, -0.2) is 0 Å². The van der Waals surface area contributed by atoms with Crippen molar-refractivity contribution in [2.45, 2.75) is 13.0 Å². The lowest BCUT2D eigenvalue weighted by Gasteiger charge is -2.08. The highest BCUT2D eigenvalue weighted by Gasteiger charge is 2.06. The molecule has 188 valence electrons. The van der Waals surface area contributed by atoms with Crippen molar-refractivity contribution in [1.82, 2.24) is 31.0 Å². The van der Waals surface area contributed by atoms with Crippen molar-refractivity contribution < 1.29 is 19.1 Å². The molecule has 2 N–H and O–H groups in total. The fourth-order valence-corrected chi connectivity index (χ4v) is 3.01. The molecule has 0 aliphatic carbocycles. The van der Waals surface area contributed by atoms with Crippen molar-refractivity contribution in [2.24, 2.45) is 0 Å². The summed E-state index contributed by atoms with van der Waals surface area (Å²) in [5, 5.41) is 29.3. The number of aromatic nitrogens is 4. The van der Waals surface area contributed by atoms with E-state index >= 15 is 0 Å². The number of hydrogen-bond donors (Lipinski definition) is 2. The molecule has 0 saturated heterocycles. The van der Waals surface area contributed by atoms with Crippen LogP contribution in [-0.4, -0.2) is 65.2 Å². The van der Waals surface area contributed by atoms with Crippen LogP contribution in [-0.2, 0) is 20.8 Å². The van der Waals surface area contributed by atoms with Crippen LogP contribution in [0.15, 0.2) is 54.9 Å². The largest absolute Gasteiger partial charge is 0.379 e. The Balaban J connectivity index is 1.19. The van der Waals surface area contributed by atoms with Gasteiger partial charge < -0.3 is 20.1 Å². The van der Waals surface area contributed by atoms with Crippen LogP contribution in [0.2, 0.25) is 0 Å². The molecule has 2 aromatic carbocycles. The Morgan fingerprint density at radius 3 is 2.27 bits per heavy atom. The quantitative estimate of drug-likeness (QED) is 0.262. The lowest BCUT2D eigenvalue weighted by atomic mass is 10.1. The van der Waals surface area contributed by atoms with E-state index in [0.29, 0.717) is 49.9 Å². The van der Waals surface area contributed by atoms with Gasteiger partial charge >= 0.3 is 0 Å². The summed E-state index contributed by atoms with van der Waals surface area (Å²) >= 11 is 0. The molecule has 1 aromatic heterocycles. The number of nitriles is 1. The fraction of sp³-hybridized carbons (Fsp3) is 0.269. The molecule has 0 aliphatic heterocycles. The van der Waals surface area contributed by atoms with E-state index in [1.807, 2.05) is 24.3 Å². The zero-order chi connectivity index (χ0) is 26.1. The molecule has 0 spiro atoms. The Labute approximate surface area is 214 Å². The van der Waals surface area contributed by atoms with E-state index in [1.165, 1.54) is 6.33 Å². The highest BCUT2D eigenvalue weighted by Crippen LogP contribution is 2.13. The number of hydrogen-bond acceptors (Lipinski definition) is 9. The smallest absolute Gasteiger partial charge is 0.251 e. The van der Waals surface area contributed by atoms with E-state index in [0.717, 1.165) is 11.1 Å². The minimum atomic E-state index is -0.221. The number of benzene rings is 2. The van der Waals surface area contributed by atoms with Gasteiger partial charge in [-0.2, -0.15) is 5.26 Å². The summed E-state index contributed by atoms with van der Waals surface area (Å²) in [6.45, 7) is 2.07. The third-order valence-electron chi connectivity index (χ3n) is 4.90.